The average Bonchev–Trinajstić information content (AvgIpc) is 2.78. The fourth-order valence-electron chi connectivity index (χ4n) is 1.71. The Bertz CT molecular complexity index is 875. The minimum atomic E-state index is -4.64. The molecular formula is C9H20BrN2O17P3. The van der Waals surface area contributed by atoms with Gasteiger partial charge in [-0.05, 0) is 0 Å². The Hall–Kier alpha value is -0.630. The van der Waals surface area contributed by atoms with Crippen molar-refractivity contribution in [2.24, 2.45) is 0 Å². The van der Waals surface area contributed by atoms with E-state index in [4.69, 9.17) is 67.6 Å². The topological polar surface area (TPSA) is 338 Å². The van der Waals surface area contributed by atoms with Gasteiger partial charge in [-0.2, -0.15) is 0 Å². The quantitative estimate of drug-likeness (QED) is 0.113. The lowest BCUT2D eigenvalue weighted by Crippen LogP contribution is -2.35. The highest BCUT2D eigenvalue weighted by Crippen LogP contribution is 2.33. The van der Waals surface area contributed by atoms with Crippen molar-refractivity contribution in [1.82, 2.24) is 9.55 Å². The van der Waals surface area contributed by atoms with Crippen LogP contribution in [0.1, 0.15) is 6.23 Å². The first-order valence-electron chi connectivity index (χ1n) is 7.29. The number of H-pyrrole nitrogens is 1. The molecule has 0 unspecified atom stereocenters. The van der Waals surface area contributed by atoms with Gasteiger partial charge >= 0.3 is 29.2 Å². The molecular weight excluding hydrogens is 581 g/mol. The molecule has 0 bridgehead atoms. The van der Waals surface area contributed by atoms with E-state index in [9.17, 15) is 14.7 Å². The van der Waals surface area contributed by atoms with E-state index in [1.54, 1.807) is 0 Å². The van der Waals surface area contributed by atoms with Crippen LogP contribution in [0.3, 0.4) is 0 Å². The molecule has 32 heavy (non-hydrogen) atoms. The van der Waals surface area contributed by atoms with Gasteiger partial charge in [0.2, 0.25) is 0 Å². The number of aliphatic hydroxyl groups is 2. The van der Waals surface area contributed by atoms with Crippen molar-refractivity contribution in [2.75, 3.05) is 6.61 Å². The molecule has 4 atom stereocenters. The number of hydrogen-bond acceptors (Lipinski definition) is 8. The smallest absolute Gasteiger partial charge is 0.394 e. The molecule has 1 aromatic heterocycles. The number of aliphatic hydroxyl groups excluding tert-OH is 2. The Labute approximate surface area is 185 Å². The van der Waals surface area contributed by atoms with Gasteiger partial charge in [0, 0.05) is 12.3 Å². The summed E-state index contributed by atoms with van der Waals surface area (Å²) >= 11 is 3.20. The molecule has 1 aromatic rings. The van der Waals surface area contributed by atoms with Crippen molar-refractivity contribution in [3.05, 3.63) is 33.1 Å². The van der Waals surface area contributed by atoms with E-state index in [0.717, 1.165) is 4.57 Å². The van der Waals surface area contributed by atoms with E-state index in [0.29, 0.717) is 0 Å². The van der Waals surface area contributed by atoms with Crippen LogP contribution in [0.5, 0.6) is 0 Å². The molecule has 0 aliphatic carbocycles. The number of halogens is 1. The molecule has 2 heterocycles. The van der Waals surface area contributed by atoms with Gasteiger partial charge in [0.05, 0.1) is 17.5 Å². The van der Waals surface area contributed by atoms with E-state index in [1.807, 2.05) is 0 Å². The first-order chi connectivity index (χ1) is 14.0. The van der Waals surface area contributed by atoms with Gasteiger partial charge in [0.1, 0.15) is 6.10 Å². The lowest BCUT2D eigenvalue weighted by molar-refractivity contribution is -0.0456. The maximum Gasteiger partial charge on any atom is 0.466 e. The van der Waals surface area contributed by atoms with Gasteiger partial charge in [-0.3, -0.25) is 14.3 Å². The first-order valence-corrected chi connectivity index (χ1v) is 12.9. The lowest BCUT2D eigenvalue weighted by atomic mass is 10.2. The summed E-state index contributed by atoms with van der Waals surface area (Å²) in [5, 5.41) is 18.7. The van der Waals surface area contributed by atoms with Gasteiger partial charge in [-0.15, -0.1) is 0 Å². The van der Waals surface area contributed by atoms with Gasteiger partial charge in [-0.1, -0.05) is 15.9 Å². The van der Waals surface area contributed by atoms with Crippen LogP contribution in [0.25, 0.3) is 0 Å². The molecule has 19 nitrogen and oxygen atoms in total. The summed E-state index contributed by atoms with van der Waals surface area (Å²) in [6.07, 6.45) is -1.18. The number of aromatic amines is 1. The van der Waals surface area contributed by atoms with Crippen molar-refractivity contribution >= 4 is 39.4 Å². The molecule has 0 aromatic carbocycles. The zero-order valence-electron chi connectivity index (χ0n) is 15.2. The molecule has 0 amide bonds. The molecule has 190 valence electrons. The summed E-state index contributed by atoms with van der Waals surface area (Å²) in [5.41, 5.74) is -1.13. The Morgan fingerprint density at radius 3 is 1.59 bits per heavy atom. The number of phosphoric acid groups is 3. The van der Waals surface area contributed by atoms with Crippen LogP contribution in [0.15, 0.2) is 21.9 Å². The number of aromatic nitrogens is 2. The van der Waals surface area contributed by atoms with Crippen molar-refractivity contribution in [1.29, 1.82) is 0 Å². The Balaban J connectivity index is 0. The van der Waals surface area contributed by atoms with Crippen LogP contribution >= 0.6 is 39.4 Å². The summed E-state index contributed by atoms with van der Waals surface area (Å²) in [6, 6.07) is 1.18. The molecule has 1 saturated heterocycles. The van der Waals surface area contributed by atoms with Crippen LogP contribution < -0.4 is 11.2 Å². The molecule has 0 radical (unpaired) electrons. The number of nitrogens with one attached hydrogen (secondary N) is 1. The highest BCUT2D eigenvalue weighted by molar-refractivity contribution is 9.09. The van der Waals surface area contributed by atoms with Crippen LogP contribution in [0.2, 0.25) is 0 Å². The Kier molecular flexibility index (Phi) is 14.6. The van der Waals surface area contributed by atoms with Gasteiger partial charge in [0.25, 0.3) is 5.56 Å². The van der Waals surface area contributed by atoms with Crippen molar-refractivity contribution in [2.45, 2.75) is 23.3 Å². The second kappa shape index (κ2) is 13.9. The molecule has 2 rings (SSSR count). The van der Waals surface area contributed by atoms with Gasteiger partial charge in [-0.25, -0.2) is 18.5 Å². The van der Waals surface area contributed by atoms with E-state index in [-0.39, 0.29) is 6.61 Å². The molecule has 1 aliphatic rings. The van der Waals surface area contributed by atoms with Crippen molar-refractivity contribution in [3.63, 3.8) is 0 Å². The molecule has 1 aliphatic heterocycles. The van der Waals surface area contributed by atoms with Gasteiger partial charge < -0.3 is 59.0 Å². The predicted octanol–water partition coefficient (Wildman–Crippen LogP) is -4.24. The third-order valence-corrected chi connectivity index (χ3v) is 3.59. The fourth-order valence-corrected chi connectivity index (χ4v) is 2.43. The fraction of sp³-hybridized carbons (Fsp3) is 0.556. The Morgan fingerprint density at radius 1 is 0.938 bits per heavy atom. The second-order valence-corrected chi connectivity index (χ2v) is 9.38. The average molecular weight is 601 g/mol. The molecule has 23 heteroatoms. The van der Waals surface area contributed by atoms with Crippen LogP contribution in [-0.4, -0.2) is 87.4 Å². The Morgan fingerprint density at radius 2 is 1.31 bits per heavy atom. The number of ether oxygens (including phenoxy) is 1. The predicted molar refractivity (Wildman–Crippen MR) is 104 cm³/mol. The van der Waals surface area contributed by atoms with Gasteiger partial charge in [0.15, 0.2) is 6.23 Å². The minimum Gasteiger partial charge on any atom is -0.394 e. The molecule has 0 saturated carbocycles. The number of nitrogens with zero attached hydrogens (tertiary/aromatic N) is 1. The summed E-state index contributed by atoms with van der Waals surface area (Å²) in [4.78, 5) is 88.7. The zero-order chi connectivity index (χ0) is 26.1. The third-order valence-electron chi connectivity index (χ3n) is 2.60. The number of rotatable bonds is 2. The van der Waals surface area contributed by atoms with E-state index in [1.165, 1.54) is 12.3 Å². The van der Waals surface area contributed by atoms with Crippen LogP contribution in [0, 0.1) is 0 Å². The maximum absolute atomic E-state index is 11.5. The highest BCUT2D eigenvalue weighted by Gasteiger charge is 2.43. The number of alkyl halides is 1. The van der Waals surface area contributed by atoms with E-state index in [2.05, 4.69) is 20.9 Å². The second-order valence-electron chi connectivity index (χ2n) is 5.24. The van der Waals surface area contributed by atoms with Crippen molar-refractivity contribution in [3.8, 4) is 0 Å². The molecule has 0 spiro atoms. The molecule has 1 fully saturated rings. The summed E-state index contributed by atoms with van der Waals surface area (Å²) in [6.45, 7) is -0.349. The van der Waals surface area contributed by atoms with E-state index < -0.39 is 58.0 Å². The number of hydrogen-bond donors (Lipinski definition) is 12. The largest absolute Gasteiger partial charge is 0.466 e. The summed E-state index contributed by atoms with van der Waals surface area (Å²) in [5.74, 6) is 0. The summed E-state index contributed by atoms with van der Waals surface area (Å²) in [7, 11) is -13.9. The minimum absolute atomic E-state index is 0.349. The van der Waals surface area contributed by atoms with Crippen molar-refractivity contribution < 1.29 is 72.7 Å². The zero-order valence-corrected chi connectivity index (χ0v) is 19.5. The lowest BCUT2D eigenvalue weighted by Gasteiger charge is -2.16. The van der Waals surface area contributed by atoms with E-state index >= 15 is 0 Å². The first kappa shape index (κ1) is 33.5. The van der Waals surface area contributed by atoms with Crippen LogP contribution in [0.4, 0.5) is 0 Å². The third kappa shape index (κ3) is 20.0. The SMILES string of the molecule is O=P(O)(O)O.O=P(O)(O)O.O=P(O)(O)O.O=c1ccn([C@@H]2O[C@H](CO)[C@@H](O)[C@@H]2Br)c(=O)[nH]1. The maximum atomic E-state index is 11.5. The normalized spacial score (nSPS) is 23.0. The standard InChI is InChI=1S/C9H11BrN2O5.3H3O4P/c10-6-7(15)4(3-13)17-8(6)12-2-1-5(14)11-9(12)16;3*1-5(2,3)4/h1-2,4,6-8,13,15H,3H2,(H,11,14,16);3*(H3,1,2,3,4)/t4-,6+,7-,8-;;;/m1.../s1. The molecule has 12 N–H and O–H groups in total. The summed E-state index contributed by atoms with van der Waals surface area (Å²) < 4.78 is 33.1. The highest BCUT2D eigenvalue weighted by atomic mass is 79.9. The monoisotopic (exact) mass is 600 g/mol. The van der Waals surface area contributed by atoms with Crippen LogP contribution in [-0.2, 0) is 18.4 Å².